The van der Waals surface area contributed by atoms with Crippen LogP contribution in [0.25, 0.3) is 0 Å². The minimum absolute atomic E-state index is 0.0263. The van der Waals surface area contributed by atoms with Crippen molar-refractivity contribution in [2.75, 3.05) is 19.5 Å². The summed E-state index contributed by atoms with van der Waals surface area (Å²) >= 11 is 0. The van der Waals surface area contributed by atoms with E-state index in [1.165, 1.54) is 0 Å². The largest absolute Gasteiger partial charge is 0.493 e. The number of carbonyl (C=O) groups is 1. The van der Waals surface area contributed by atoms with Crippen LogP contribution in [0.3, 0.4) is 0 Å². The maximum Gasteiger partial charge on any atom is 0.312 e. The molecule has 2 aromatic carbocycles. The molecule has 11 heteroatoms. The van der Waals surface area contributed by atoms with Crippen LogP contribution >= 0.6 is 0 Å². The lowest BCUT2D eigenvalue weighted by Gasteiger charge is -2.11. The summed E-state index contributed by atoms with van der Waals surface area (Å²) < 4.78 is 14.1. The molecule has 0 aliphatic heterocycles. The highest BCUT2D eigenvalue weighted by Gasteiger charge is 2.22. The standard InChI is InChI=1S/C27H30N6O5/c1-16-25(18(3)31(29-16)15-21-9-12-23(37-5)24(13-21)38-6)28-27(34)22-10-7-20(8-11-22)14-32-19(4)26(33(35)36)17(2)30-32/h7-13H,14-15H2,1-6H3,(H,28,34). The molecule has 1 amide bonds. The number of methoxy groups -OCH3 is 2. The normalized spacial score (nSPS) is 10.9. The number of rotatable bonds is 9. The molecule has 0 unspecified atom stereocenters. The SMILES string of the molecule is COc1ccc(Cn2nc(C)c(NC(=O)c3ccc(Cn4nc(C)c([N+](=O)[O-])c4C)cc3)c2C)cc1OC. The van der Waals surface area contributed by atoms with E-state index in [9.17, 15) is 14.9 Å². The van der Waals surface area contributed by atoms with Crippen LogP contribution < -0.4 is 14.8 Å². The lowest BCUT2D eigenvalue weighted by molar-refractivity contribution is -0.386. The fourth-order valence-electron chi connectivity index (χ4n) is 4.41. The van der Waals surface area contributed by atoms with Crippen LogP contribution in [0.4, 0.5) is 11.4 Å². The van der Waals surface area contributed by atoms with E-state index in [-0.39, 0.29) is 11.6 Å². The van der Waals surface area contributed by atoms with Gasteiger partial charge in [-0.15, -0.1) is 0 Å². The quantitative estimate of drug-likeness (QED) is 0.254. The molecule has 0 fully saturated rings. The average Bonchev–Trinajstić information content (AvgIpc) is 3.32. The maximum atomic E-state index is 13.0. The molecule has 2 aromatic heterocycles. The van der Waals surface area contributed by atoms with Crippen LogP contribution in [0, 0.1) is 37.8 Å². The van der Waals surface area contributed by atoms with Gasteiger partial charge in [-0.25, -0.2) is 0 Å². The number of aryl methyl sites for hydroxylation is 2. The third-order valence-corrected chi connectivity index (χ3v) is 6.47. The molecule has 0 bridgehead atoms. The Bertz CT molecular complexity index is 1500. The Balaban J connectivity index is 1.47. The molecule has 0 aliphatic rings. The van der Waals surface area contributed by atoms with Crippen molar-refractivity contribution in [3.63, 3.8) is 0 Å². The molecule has 0 saturated carbocycles. The molecule has 0 spiro atoms. The number of anilines is 1. The van der Waals surface area contributed by atoms with Gasteiger partial charge in [0.2, 0.25) is 0 Å². The maximum absolute atomic E-state index is 13.0. The Labute approximate surface area is 220 Å². The number of aromatic nitrogens is 4. The second kappa shape index (κ2) is 10.8. The van der Waals surface area contributed by atoms with Crippen LogP contribution in [-0.4, -0.2) is 44.6 Å². The molecule has 0 atom stereocenters. The number of hydrogen-bond acceptors (Lipinski definition) is 7. The molecule has 0 radical (unpaired) electrons. The van der Waals surface area contributed by atoms with Gasteiger partial charge in [-0.3, -0.25) is 24.3 Å². The van der Waals surface area contributed by atoms with E-state index < -0.39 is 4.92 Å². The zero-order chi connectivity index (χ0) is 27.6. The van der Waals surface area contributed by atoms with Gasteiger partial charge in [-0.05, 0) is 63.1 Å². The molecular weight excluding hydrogens is 488 g/mol. The number of carbonyl (C=O) groups excluding carboxylic acids is 1. The van der Waals surface area contributed by atoms with Crippen molar-refractivity contribution < 1.29 is 19.2 Å². The van der Waals surface area contributed by atoms with Gasteiger partial charge in [0.05, 0.1) is 49.3 Å². The van der Waals surface area contributed by atoms with Crippen molar-refractivity contribution in [2.24, 2.45) is 0 Å². The number of ether oxygens (including phenoxy) is 2. The first-order valence-electron chi connectivity index (χ1n) is 12.0. The Morgan fingerprint density at radius 3 is 2.05 bits per heavy atom. The van der Waals surface area contributed by atoms with Gasteiger partial charge >= 0.3 is 5.69 Å². The predicted molar refractivity (Wildman–Crippen MR) is 142 cm³/mol. The van der Waals surface area contributed by atoms with Crippen molar-refractivity contribution in [1.29, 1.82) is 0 Å². The highest BCUT2D eigenvalue weighted by Crippen LogP contribution is 2.29. The molecule has 0 saturated heterocycles. The third kappa shape index (κ3) is 5.22. The van der Waals surface area contributed by atoms with Crippen molar-refractivity contribution in [2.45, 2.75) is 40.8 Å². The third-order valence-electron chi connectivity index (χ3n) is 6.47. The van der Waals surface area contributed by atoms with Crippen molar-refractivity contribution >= 4 is 17.3 Å². The van der Waals surface area contributed by atoms with Crippen LogP contribution in [0.15, 0.2) is 42.5 Å². The molecule has 0 aliphatic carbocycles. The van der Waals surface area contributed by atoms with Crippen molar-refractivity contribution in [3.05, 3.63) is 92.0 Å². The summed E-state index contributed by atoms with van der Waals surface area (Å²) in [6.45, 7) is 7.92. The fraction of sp³-hybridized carbons (Fsp3) is 0.296. The predicted octanol–water partition coefficient (Wildman–Crippen LogP) is 4.59. The van der Waals surface area contributed by atoms with Gasteiger partial charge in [0.25, 0.3) is 5.91 Å². The summed E-state index contributed by atoms with van der Waals surface area (Å²) in [5, 5.41) is 23.1. The molecule has 2 heterocycles. The minimum Gasteiger partial charge on any atom is -0.493 e. The van der Waals surface area contributed by atoms with Crippen molar-refractivity contribution in [1.82, 2.24) is 19.6 Å². The zero-order valence-electron chi connectivity index (χ0n) is 22.2. The fourth-order valence-corrected chi connectivity index (χ4v) is 4.41. The van der Waals surface area contributed by atoms with E-state index in [2.05, 4.69) is 15.5 Å². The first-order valence-corrected chi connectivity index (χ1v) is 12.0. The first kappa shape index (κ1) is 26.4. The second-order valence-corrected chi connectivity index (χ2v) is 8.98. The van der Waals surface area contributed by atoms with Gasteiger partial charge < -0.3 is 14.8 Å². The minimum atomic E-state index is -0.415. The van der Waals surface area contributed by atoms with Gasteiger partial charge in [0.15, 0.2) is 11.5 Å². The van der Waals surface area contributed by atoms with E-state index in [4.69, 9.17) is 9.47 Å². The molecular formula is C27H30N6O5. The Hall–Kier alpha value is -4.67. The molecule has 198 valence electrons. The highest BCUT2D eigenvalue weighted by molar-refractivity contribution is 6.04. The van der Waals surface area contributed by atoms with Gasteiger partial charge in [0, 0.05) is 5.56 Å². The van der Waals surface area contributed by atoms with Gasteiger partial charge in [-0.1, -0.05) is 18.2 Å². The van der Waals surface area contributed by atoms with E-state index in [0.29, 0.717) is 52.9 Å². The summed E-state index contributed by atoms with van der Waals surface area (Å²) in [7, 11) is 3.19. The number of hydrogen-bond donors (Lipinski definition) is 1. The zero-order valence-corrected chi connectivity index (χ0v) is 22.2. The first-order chi connectivity index (χ1) is 18.1. The number of nitro groups is 1. The van der Waals surface area contributed by atoms with Crippen LogP contribution in [0.2, 0.25) is 0 Å². The summed E-state index contributed by atoms with van der Waals surface area (Å²) in [6.07, 6.45) is 0. The monoisotopic (exact) mass is 518 g/mol. The lowest BCUT2D eigenvalue weighted by atomic mass is 10.1. The van der Waals surface area contributed by atoms with Crippen molar-refractivity contribution in [3.8, 4) is 11.5 Å². The van der Waals surface area contributed by atoms with Gasteiger partial charge in [-0.2, -0.15) is 10.2 Å². The van der Waals surface area contributed by atoms with Crippen LogP contribution in [-0.2, 0) is 13.1 Å². The molecule has 4 aromatic rings. The summed E-state index contributed by atoms with van der Waals surface area (Å²) in [5.41, 5.74) is 5.43. The topological polar surface area (TPSA) is 126 Å². The number of nitrogens with one attached hydrogen (secondary N) is 1. The summed E-state index contributed by atoms with van der Waals surface area (Å²) in [4.78, 5) is 23.9. The average molecular weight is 519 g/mol. The molecule has 1 N–H and O–H groups in total. The Morgan fingerprint density at radius 1 is 0.868 bits per heavy atom. The molecule has 38 heavy (non-hydrogen) atoms. The smallest absolute Gasteiger partial charge is 0.312 e. The van der Waals surface area contributed by atoms with Gasteiger partial charge in [0.1, 0.15) is 11.4 Å². The Morgan fingerprint density at radius 2 is 1.45 bits per heavy atom. The summed E-state index contributed by atoms with van der Waals surface area (Å²) in [5.74, 6) is 1.04. The second-order valence-electron chi connectivity index (χ2n) is 8.98. The summed E-state index contributed by atoms with van der Waals surface area (Å²) in [6, 6.07) is 12.8. The number of amides is 1. The van der Waals surface area contributed by atoms with E-state index in [1.54, 1.807) is 44.9 Å². The number of benzene rings is 2. The van der Waals surface area contributed by atoms with E-state index in [1.807, 2.05) is 48.9 Å². The van der Waals surface area contributed by atoms with E-state index in [0.717, 1.165) is 16.8 Å². The highest BCUT2D eigenvalue weighted by atomic mass is 16.6. The van der Waals surface area contributed by atoms with E-state index >= 15 is 0 Å². The molecule has 4 rings (SSSR count). The lowest BCUT2D eigenvalue weighted by Crippen LogP contribution is -2.13. The molecule has 11 nitrogen and oxygen atoms in total. The van der Waals surface area contributed by atoms with Crippen LogP contribution in [0.5, 0.6) is 11.5 Å². The van der Waals surface area contributed by atoms with Crippen LogP contribution in [0.1, 0.15) is 44.3 Å². The Kier molecular flexibility index (Phi) is 7.47. The number of nitrogens with zero attached hydrogens (tertiary/aromatic N) is 5.